The second-order valence-electron chi connectivity index (χ2n) is 9.26. The van der Waals surface area contributed by atoms with Gasteiger partial charge in [-0.1, -0.05) is 50.7 Å². The Labute approximate surface area is 176 Å². The lowest BCUT2D eigenvalue weighted by molar-refractivity contribution is 0.163. The van der Waals surface area contributed by atoms with Crippen LogP contribution >= 0.6 is 0 Å². The highest BCUT2D eigenvalue weighted by atomic mass is 16.3. The summed E-state index contributed by atoms with van der Waals surface area (Å²) in [7, 11) is 0. The number of hydrogen-bond acceptors (Lipinski definition) is 4. The third-order valence-electron chi connectivity index (χ3n) is 6.98. The molecule has 1 aromatic carbocycles. The number of rotatable bonds is 10. The first-order valence-electron chi connectivity index (χ1n) is 12.0. The highest BCUT2D eigenvalue weighted by molar-refractivity contribution is 5.47. The van der Waals surface area contributed by atoms with E-state index in [1.165, 1.54) is 69.8 Å². The highest BCUT2D eigenvalue weighted by Gasteiger charge is 2.25. The van der Waals surface area contributed by atoms with Gasteiger partial charge in [0.2, 0.25) is 0 Å². The summed E-state index contributed by atoms with van der Waals surface area (Å²) < 4.78 is 0. The van der Waals surface area contributed by atoms with E-state index in [-0.39, 0.29) is 6.61 Å². The van der Waals surface area contributed by atoms with Crippen molar-refractivity contribution in [3.8, 4) is 5.75 Å². The first-order chi connectivity index (χ1) is 14.2. The Bertz CT molecular complexity index is 606. The standard InChI is InChI=1S/C25H41NO3/c27-15-7-13-26-14-12-23(28)17-22-16-21(19-8-3-1-4-9-19)18-24(25(22)29)20-10-5-2-6-11-20/h16,18-20,23,26-29H,1-15,17H2. The molecule has 29 heavy (non-hydrogen) atoms. The van der Waals surface area contributed by atoms with Gasteiger partial charge >= 0.3 is 0 Å². The third-order valence-corrected chi connectivity index (χ3v) is 6.98. The van der Waals surface area contributed by atoms with Gasteiger partial charge in [-0.15, -0.1) is 0 Å². The van der Waals surface area contributed by atoms with Gasteiger partial charge in [-0.2, -0.15) is 0 Å². The summed E-state index contributed by atoms with van der Waals surface area (Å²) in [5, 5.41) is 33.8. The summed E-state index contributed by atoms with van der Waals surface area (Å²) >= 11 is 0. The Morgan fingerprint density at radius 1 is 0.897 bits per heavy atom. The molecule has 164 valence electrons. The minimum absolute atomic E-state index is 0.196. The minimum Gasteiger partial charge on any atom is -0.507 e. The minimum atomic E-state index is -0.455. The first-order valence-corrected chi connectivity index (χ1v) is 12.0. The van der Waals surface area contributed by atoms with Crippen LogP contribution < -0.4 is 5.32 Å². The van der Waals surface area contributed by atoms with Crippen molar-refractivity contribution in [3.63, 3.8) is 0 Å². The van der Waals surface area contributed by atoms with Crippen LogP contribution in [0.25, 0.3) is 0 Å². The zero-order chi connectivity index (χ0) is 20.5. The van der Waals surface area contributed by atoms with Crippen LogP contribution in [0, 0.1) is 0 Å². The fourth-order valence-electron chi connectivity index (χ4n) is 5.25. The maximum absolute atomic E-state index is 11.1. The number of phenolic OH excluding ortho intramolecular Hbond substituents is 1. The fourth-order valence-corrected chi connectivity index (χ4v) is 5.25. The van der Waals surface area contributed by atoms with Crippen molar-refractivity contribution in [2.24, 2.45) is 0 Å². The summed E-state index contributed by atoms with van der Waals surface area (Å²) in [6.07, 6.45) is 14.1. The Morgan fingerprint density at radius 3 is 2.21 bits per heavy atom. The van der Waals surface area contributed by atoms with Crippen LogP contribution in [0.15, 0.2) is 12.1 Å². The van der Waals surface area contributed by atoms with Gasteiger partial charge < -0.3 is 20.6 Å². The topological polar surface area (TPSA) is 72.7 Å². The van der Waals surface area contributed by atoms with Gasteiger partial charge in [-0.05, 0) is 80.1 Å². The van der Waals surface area contributed by atoms with E-state index in [4.69, 9.17) is 5.11 Å². The Hall–Kier alpha value is -1.10. The molecule has 3 rings (SSSR count). The number of hydrogen-bond donors (Lipinski definition) is 4. The van der Waals surface area contributed by atoms with Gasteiger partial charge in [0.15, 0.2) is 0 Å². The van der Waals surface area contributed by atoms with Gasteiger partial charge in [-0.3, -0.25) is 0 Å². The predicted molar refractivity (Wildman–Crippen MR) is 119 cm³/mol. The maximum atomic E-state index is 11.1. The molecule has 0 aromatic heterocycles. The van der Waals surface area contributed by atoms with Crippen molar-refractivity contribution >= 4 is 0 Å². The summed E-state index contributed by atoms with van der Waals surface area (Å²) in [5.41, 5.74) is 3.49. The molecule has 1 atom stereocenters. The van der Waals surface area contributed by atoms with Crippen LogP contribution in [0.1, 0.15) is 106 Å². The Balaban J connectivity index is 1.73. The van der Waals surface area contributed by atoms with Crippen LogP contribution in [0.5, 0.6) is 5.75 Å². The normalized spacial score (nSPS) is 20.1. The number of aliphatic hydroxyl groups is 2. The summed E-state index contributed by atoms with van der Waals surface area (Å²) in [6, 6.07) is 4.51. The second-order valence-corrected chi connectivity index (χ2v) is 9.26. The van der Waals surface area contributed by atoms with E-state index in [0.29, 0.717) is 30.4 Å². The van der Waals surface area contributed by atoms with Crippen molar-refractivity contribution in [1.82, 2.24) is 5.32 Å². The lowest BCUT2D eigenvalue weighted by atomic mass is 9.78. The predicted octanol–water partition coefficient (Wildman–Crippen LogP) is 4.75. The summed E-state index contributed by atoms with van der Waals surface area (Å²) in [4.78, 5) is 0. The molecule has 1 aromatic rings. The van der Waals surface area contributed by atoms with Gasteiger partial charge in [0, 0.05) is 13.0 Å². The SMILES string of the molecule is OCCCNCCC(O)Cc1cc(C2CCCCC2)cc(C2CCCCC2)c1O. The molecule has 0 heterocycles. The highest BCUT2D eigenvalue weighted by Crippen LogP contribution is 2.42. The lowest BCUT2D eigenvalue weighted by Crippen LogP contribution is -2.23. The molecule has 2 fully saturated rings. The molecule has 2 saturated carbocycles. The van der Waals surface area contributed by atoms with Crippen LogP contribution in [0.2, 0.25) is 0 Å². The van der Waals surface area contributed by atoms with Crippen LogP contribution in [-0.2, 0) is 6.42 Å². The van der Waals surface area contributed by atoms with Crippen LogP contribution in [-0.4, -0.2) is 41.1 Å². The van der Waals surface area contributed by atoms with Crippen molar-refractivity contribution in [2.75, 3.05) is 19.7 Å². The van der Waals surface area contributed by atoms with E-state index in [0.717, 1.165) is 30.6 Å². The van der Waals surface area contributed by atoms with Crippen molar-refractivity contribution in [3.05, 3.63) is 28.8 Å². The van der Waals surface area contributed by atoms with Gasteiger partial charge in [0.1, 0.15) is 5.75 Å². The monoisotopic (exact) mass is 403 g/mol. The fraction of sp³-hybridized carbons (Fsp3) is 0.760. The molecule has 0 amide bonds. The van der Waals surface area contributed by atoms with Crippen molar-refractivity contribution in [1.29, 1.82) is 0 Å². The van der Waals surface area contributed by atoms with Crippen LogP contribution in [0.4, 0.5) is 0 Å². The average molecular weight is 404 g/mol. The van der Waals surface area contributed by atoms with Crippen molar-refractivity contribution < 1.29 is 15.3 Å². The van der Waals surface area contributed by atoms with Crippen molar-refractivity contribution in [2.45, 2.75) is 101 Å². The molecular formula is C25H41NO3. The number of benzene rings is 1. The molecule has 2 aliphatic rings. The molecule has 4 heteroatoms. The molecule has 0 bridgehead atoms. The number of phenols is 1. The lowest BCUT2D eigenvalue weighted by Gasteiger charge is -2.28. The quantitative estimate of drug-likeness (QED) is 0.425. The van der Waals surface area contributed by atoms with Gasteiger partial charge in [-0.25, -0.2) is 0 Å². The van der Waals surface area contributed by atoms with E-state index < -0.39 is 6.10 Å². The van der Waals surface area contributed by atoms with E-state index in [1.807, 2.05) is 0 Å². The molecule has 0 spiro atoms. The second kappa shape index (κ2) is 11.9. The molecule has 1 unspecified atom stereocenters. The number of aliphatic hydroxyl groups excluding tert-OH is 2. The first kappa shape index (κ1) is 22.6. The van der Waals surface area contributed by atoms with Gasteiger partial charge in [0.05, 0.1) is 6.10 Å². The zero-order valence-corrected chi connectivity index (χ0v) is 18.0. The van der Waals surface area contributed by atoms with Crippen LogP contribution in [0.3, 0.4) is 0 Å². The molecule has 2 aliphatic carbocycles. The van der Waals surface area contributed by atoms with E-state index in [1.54, 1.807) is 0 Å². The number of nitrogens with one attached hydrogen (secondary N) is 1. The summed E-state index contributed by atoms with van der Waals surface area (Å²) in [5.74, 6) is 1.54. The summed E-state index contributed by atoms with van der Waals surface area (Å²) in [6.45, 7) is 1.71. The molecule has 4 N–H and O–H groups in total. The van der Waals surface area contributed by atoms with E-state index in [9.17, 15) is 10.2 Å². The smallest absolute Gasteiger partial charge is 0.122 e. The van der Waals surface area contributed by atoms with E-state index >= 15 is 0 Å². The Kier molecular flexibility index (Phi) is 9.29. The molecule has 0 saturated heterocycles. The van der Waals surface area contributed by atoms with Gasteiger partial charge in [0.25, 0.3) is 0 Å². The largest absolute Gasteiger partial charge is 0.507 e. The van der Waals surface area contributed by atoms with E-state index in [2.05, 4.69) is 17.4 Å². The molecule has 4 nitrogen and oxygen atoms in total. The zero-order valence-electron chi connectivity index (χ0n) is 18.0. The Morgan fingerprint density at radius 2 is 1.55 bits per heavy atom. The molecular weight excluding hydrogens is 362 g/mol. The third kappa shape index (κ3) is 6.70. The number of aromatic hydroxyl groups is 1. The maximum Gasteiger partial charge on any atom is 0.122 e. The molecule has 0 aliphatic heterocycles. The molecule has 0 radical (unpaired) electrons. The average Bonchev–Trinajstić information content (AvgIpc) is 2.76.